The number of ether oxygens (including phenoxy) is 1. The maximum atomic E-state index is 12.9. The molecule has 0 radical (unpaired) electrons. The number of rotatable bonds is 4. The zero-order valence-electron chi connectivity index (χ0n) is 12.9. The molecule has 0 amide bonds. The zero-order valence-corrected chi connectivity index (χ0v) is 12.9. The van der Waals surface area contributed by atoms with E-state index in [1.165, 1.54) is 25.5 Å². The lowest BCUT2D eigenvalue weighted by Gasteiger charge is -2.09. The average Bonchev–Trinajstić information content (AvgIpc) is 2.61. The van der Waals surface area contributed by atoms with Crippen LogP contribution in [0, 0.1) is 0 Å². The molecule has 6 nitrogen and oxygen atoms in total. The molecule has 0 saturated carbocycles. The Bertz CT molecular complexity index is 958. The van der Waals surface area contributed by atoms with E-state index in [0.29, 0.717) is 22.3 Å². The maximum Gasteiger partial charge on any atom is 0.200 e. The Morgan fingerprint density at radius 1 is 1.12 bits per heavy atom. The predicted molar refractivity (Wildman–Crippen MR) is 88.0 cm³/mol. The number of phenols is 1. The van der Waals surface area contributed by atoms with Gasteiger partial charge in [0.2, 0.25) is 5.43 Å². The third-order valence-corrected chi connectivity index (χ3v) is 3.86. The molecule has 1 heterocycles. The molecule has 0 saturated heterocycles. The molecule has 0 spiro atoms. The normalized spacial score (nSPS) is 11.0. The quantitative estimate of drug-likeness (QED) is 0.678. The summed E-state index contributed by atoms with van der Waals surface area (Å²) in [6, 6.07) is 7.68. The van der Waals surface area contributed by atoms with E-state index in [9.17, 15) is 20.1 Å². The van der Waals surface area contributed by atoms with E-state index < -0.39 is 0 Å². The van der Waals surface area contributed by atoms with E-state index in [2.05, 4.69) is 0 Å². The number of methoxy groups -OCH3 is 1. The highest BCUT2D eigenvalue weighted by molar-refractivity contribution is 5.85. The monoisotopic (exact) mass is 328 g/mol. The van der Waals surface area contributed by atoms with Crippen LogP contribution in [-0.2, 0) is 13.2 Å². The summed E-state index contributed by atoms with van der Waals surface area (Å²) >= 11 is 0. The molecule has 0 aliphatic rings. The van der Waals surface area contributed by atoms with E-state index in [0.717, 1.165) is 0 Å². The second-order valence-corrected chi connectivity index (χ2v) is 5.31. The molecule has 0 bridgehead atoms. The standard InChI is InChI=1S/C18H16O6/c1-23-15-6-11(2-3-14(15)21)13-9-24-16-5-10(7-19)4-12(8-20)17(16)18(13)22/h2-6,9,19-21H,7-8H2,1H3. The van der Waals surface area contributed by atoms with Gasteiger partial charge in [-0.1, -0.05) is 12.1 Å². The Hall–Kier alpha value is -2.83. The second kappa shape index (κ2) is 6.35. The Balaban J connectivity index is 2.28. The van der Waals surface area contributed by atoms with Gasteiger partial charge >= 0.3 is 0 Å². The molecule has 0 aliphatic heterocycles. The number of aliphatic hydroxyl groups excluding tert-OH is 2. The van der Waals surface area contributed by atoms with Gasteiger partial charge < -0.3 is 24.5 Å². The fraction of sp³-hybridized carbons (Fsp3) is 0.167. The number of hydrogen-bond acceptors (Lipinski definition) is 6. The summed E-state index contributed by atoms with van der Waals surface area (Å²) in [5.74, 6) is 0.208. The highest BCUT2D eigenvalue weighted by Crippen LogP contribution is 2.31. The molecule has 3 aromatic rings. The molecular weight excluding hydrogens is 312 g/mol. The van der Waals surface area contributed by atoms with E-state index in [1.54, 1.807) is 18.2 Å². The van der Waals surface area contributed by atoms with Crippen molar-refractivity contribution in [1.82, 2.24) is 0 Å². The summed E-state index contributed by atoms with van der Waals surface area (Å²) in [6.45, 7) is -0.568. The average molecular weight is 328 g/mol. The largest absolute Gasteiger partial charge is 0.504 e. The third-order valence-electron chi connectivity index (χ3n) is 3.86. The molecule has 0 fully saturated rings. The summed E-state index contributed by atoms with van der Waals surface area (Å²) in [7, 11) is 1.42. The van der Waals surface area contributed by atoms with Crippen LogP contribution in [0.4, 0.5) is 0 Å². The van der Waals surface area contributed by atoms with Crippen molar-refractivity contribution in [2.75, 3.05) is 7.11 Å². The van der Waals surface area contributed by atoms with E-state index in [-0.39, 0.29) is 41.1 Å². The van der Waals surface area contributed by atoms with Gasteiger partial charge in [-0.15, -0.1) is 0 Å². The van der Waals surface area contributed by atoms with Gasteiger partial charge in [-0.2, -0.15) is 0 Å². The van der Waals surface area contributed by atoms with Crippen LogP contribution in [-0.4, -0.2) is 22.4 Å². The van der Waals surface area contributed by atoms with Gasteiger partial charge in [0.05, 0.1) is 31.3 Å². The van der Waals surface area contributed by atoms with Crippen LogP contribution in [0.25, 0.3) is 22.1 Å². The lowest BCUT2D eigenvalue weighted by Crippen LogP contribution is -2.08. The maximum absolute atomic E-state index is 12.9. The molecule has 1 aromatic heterocycles. The van der Waals surface area contributed by atoms with E-state index in [1.807, 2.05) is 0 Å². The molecular formula is C18H16O6. The Morgan fingerprint density at radius 3 is 2.58 bits per heavy atom. The fourth-order valence-corrected chi connectivity index (χ4v) is 2.66. The van der Waals surface area contributed by atoms with Crippen LogP contribution in [0.1, 0.15) is 11.1 Å². The first-order chi connectivity index (χ1) is 11.6. The molecule has 6 heteroatoms. The first kappa shape index (κ1) is 16.0. The molecule has 124 valence electrons. The summed E-state index contributed by atoms with van der Waals surface area (Å²) in [6.07, 6.45) is 1.32. The predicted octanol–water partition coefficient (Wildman–Crippen LogP) is 2.16. The minimum Gasteiger partial charge on any atom is -0.504 e. The summed E-state index contributed by atoms with van der Waals surface area (Å²) < 4.78 is 10.6. The van der Waals surface area contributed by atoms with Gasteiger partial charge in [-0.25, -0.2) is 0 Å². The number of phenolic OH excluding ortho intramolecular Hbond substituents is 1. The minimum atomic E-state index is -0.350. The van der Waals surface area contributed by atoms with Crippen LogP contribution in [0.3, 0.4) is 0 Å². The number of hydrogen-bond donors (Lipinski definition) is 3. The van der Waals surface area contributed by atoms with Crippen LogP contribution in [0.15, 0.2) is 45.8 Å². The lowest BCUT2D eigenvalue weighted by molar-refractivity contribution is 0.276. The van der Waals surface area contributed by atoms with Gasteiger partial charge in [0.15, 0.2) is 11.5 Å². The van der Waals surface area contributed by atoms with Gasteiger partial charge in [0.25, 0.3) is 0 Å². The Morgan fingerprint density at radius 2 is 1.92 bits per heavy atom. The first-order valence-corrected chi connectivity index (χ1v) is 7.25. The molecule has 24 heavy (non-hydrogen) atoms. The Kier molecular flexibility index (Phi) is 4.24. The molecule has 0 atom stereocenters. The highest BCUT2D eigenvalue weighted by Gasteiger charge is 2.15. The number of fused-ring (bicyclic) bond motifs is 1. The second-order valence-electron chi connectivity index (χ2n) is 5.31. The molecule has 0 aliphatic carbocycles. The smallest absolute Gasteiger partial charge is 0.200 e. The molecule has 3 rings (SSSR count). The first-order valence-electron chi connectivity index (χ1n) is 7.25. The van der Waals surface area contributed by atoms with E-state index >= 15 is 0 Å². The van der Waals surface area contributed by atoms with Gasteiger partial charge in [-0.05, 0) is 34.9 Å². The van der Waals surface area contributed by atoms with Gasteiger partial charge in [-0.3, -0.25) is 4.79 Å². The van der Waals surface area contributed by atoms with Gasteiger partial charge in [0, 0.05) is 0 Å². The third kappa shape index (κ3) is 2.62. The van der Waals surface area contributed by atoms with Crippen molar-refractivity contribution in [3.63, 3.8) is 0 Å². The molecule has 3 N–H and O–H groups in total. The van der Waals surface area contributed by atoms with Crippen molar-refractivity contribution in [1.29, 1.82) is 0 Å². The summed E-state index contributed by atoms with van der Waals surface area (Å²) in [5, 5.41) is 28.8. The van der Waals surface area contributed by atoms with Gasteiger partial charge in [0.1, 0.15) is 11.8 Å². The lowest BCUT2D eigenvalue weighted by atomic mass is 10.0. The molecule has 0 unspecified atom stereocenters. The van der Waals surface area contributed by atoms with Crippen molar-refractivity contribution in [3.05, 3.63) is 57.9 Å². The van der Waals surface area contributed by atoms with E-state index in [4.69, 9.17) is 9.15 Å². The van der Waals surface area contributed by atoms with Crippen LogP contribution >= 0.6 is 0 Å². The van der Waals surface area contributed by atoms with Crippen molar-refractivity contribution in [2.24, 2.45) is 0 Å². The highest BCUT2D eigenvalue weighted by atomic mass is 16.5. The zero-order chi connectivity index (χ0) is 17.3. The van der Waals surface area contributed by atoms with Crippen molar-refractivity contribution in [3.8, 4) is 22.6 Å². The number of aliphatic hydroxyl groups is 2. The summed E-state index contributed by atoms with van der Waals surface area (Å²) in [4.78, 5) is 12.9. The minimum absolute atomic E-state index is 0.0324. The van der Waals surface area contributed by atoms with Crippen LogP contribution in [0.2, 0.25) is 0 Å². The van der Waals surface area contributed by atoms with Crippen molar-refractivity contribution >= 4 is 11.0 Å². The topological polar surface area (TPSA) is 100 Å². The number of aromatic hydroxyl groups is 1. The fourth-order valence-electron chi connectivity index (χ4n) is 2.66. The Labute approximate surface area is 137 Å². The molecule has 2 aromatic carbocycles. The SMILES string of the molecule is COc1cc(-c2coc3cc(CO)cc(CO)c3c2=O)ccc1O. The van der Waals surface area contributed by atoms with Crippen molar-refractivity contribution < 1.29 is 24.5 Å². The van der Waals surface area contributed by atoms with Crippen LogP contribution in [0.5, 0.6) is 11.5 Å². The number of benzene rings is 2. The summed E-state index contributed by atoms with van der Waals surface area (Å²) in [5.41, 5.74) is 1.73. The van der Waals surface area contributed by atoms with Crippen LogP contribution < -0.4 is 10.2 Å². The van der Waals surface area contributed by atoms with Crippen molar-refractivity contribution in [2.45, 2.75) is 13.2 Å².